The summed E-state index contributed by atoms with van der Waals surface area (Å²) >= 11 is 0. The number of allylic oxidation sites excluding steroid dienone is 4. The van der Waals surface area contributed by atoms with Crippen LogP contribution in [0.2, 0.25) is 0 Å². The van der Waals surface area contributed by atoms with Crippen molar-refractivity contribution in [3.63, 3.8) is 0 Å². The van der Waals surface area contributed by atoms with Crippen LogP contribution in [-0.4, -0.2) is 47.4 Å². The summed E-state index contributed by atoms with van der Waals surface area (Å²) in [4.78, 5) is 24.6. The largest absolute Gasteiger partial charge is 0.466 e. The molecular weight excluding hydrogens is 1020 g/mol. The van der Waals surface area contributed by atoms with Gasteiger partial charge in [0, 0.05) is 12.8 Å². The van der Waals surface area contributed by atoms with Gasteiger partial charge in [-0.15, -0.1) is 0 Å². The van der Waals surface area contributed by atoms with E-state index in [1.807, 2.05) is 0 Å². The molecule has 0 aliphatic carbocycles. The highest BCUT2D eigenvalue weighted by atomic mass is 16.5. The second-order valence-corrected chi connectivity index (χ2v) is 26.3. The highest BCUT2D eigenvalue weighted by molar-refractivity contribution is 5.76. The first kappa shape index (κ1) is 81.3. The molecule has 0 heterocycles. The maximum Gasteiger partial charge on any atom is 0.305 e. The molecule has 6 nitrogen and oxygen atoms in total. The lowest BCUT2D eigenvalue weighted by molar-refractivity contribution is -0.143. The fraction of sp³-hybridized carbons (Fsp3) is 0.922. The van der Waals surface area contributed by atoms with Gasteiger partial charge >= 0.3 is 5.97 Å². The number of hydrogen-bond donors (Lipinski definition) is 3. The lowest BCUT2D eigenvalue weighted by Crippen LogP contribution is -2.45. The Labute approximate surface area is 520 Å². The smallest absolute Gasteiger partial charge is 0.305 e. The Balaban J connectivity index is 3.36. The lowest BCUT2D eigenvalue weighted by atomic mass is 10.0. The monoisotopic (exact) mass is 1170 g/mol. The van der Waals surface area contributed by atoms with Crippen molar-refractivity contribution in [3.8, 4) is 0 Å². The first-order valence-electron chi connectivity index (χ1n) is 38.1. The molecule has 0 radical (unpaired) electrons. The van der Waals surface area contributed by atoms with Gasteiger partial charge in [0.15, 0.2) is 0 Å². The van der Waals surface area contributed by atoms with Crippen LogP contribution < -0.4 is 5.32 Å². The van der Waals surface area contributed by atoms with Gasteiger partial charge in [-0.1, -0.05) is 372 Å². The van der Waals surface area contributed by atoms with E-state index < -0.39 is 12.1 Å². The average molecular weight is 1170 g/mol. The van der Waals surface area contributed by atoms with Crippen molar-refractivity contribution in [2.75, 3.05) is 13.2 Å². The Morgan fingerprint density at radius 3 is 0.892 bits per heavy atom. The van der Waals surface area contributed by atoms with E-state index >= 15 is 0 Å². The van der Waals surface area contributed by atoms with Gasteiger partial charge in [0.1, 0.15) is 0 Å². The zero-order chi connectivity index (χ0) is 59.9. The van der Waals surface area contributed by atoms with Crippen LogP contribution in [-0.2, 0) is 14.3 Å². The summed E-state index contributed by atoms with van der Waals surface area (Å²) in [5.41, 5.74) is 0. The molecule has 0 aliphatic rings. The molecule has 0 aromatic heterocycles. The number of esters is 1. The molecule has 0 aliphatic heterocycles. The molecular formula is C77H149NO5. The third-order valence-electron chi connectivity index (χ3n) is 18.0. The van der Waals surface area contributed by atoms with Gasteiger partial charge in [-0.2, -0.15) is 0 Å². The minimum atomic E-state index is -0.664. The molecule has 0 saturated carbocycles. The normalized spacial score (nSPS) is 12.6. The van der Waals surface area contributed by atoms with Crippen molar-refractivity contribution in [1.82, 2.24) is 5.32 Å². The third kappa shape index (κ3) is 69.3. The van der Waals surface area contributed by atoms with E-state index in [0.717, 1.165) is 44.9 Å². The van der Waals surface area contributed by atoms with E-state index in [1.54, 1.807) is 0 Å². The van der Waals surface area contributed by atoms with Crippen LogP contribution in [0.5, 0.6) is 0 Å². The average Bonchev–Trinajstić information content (AvgIpc) is 3.49. The van der Waals surface area contributed by atoms with E-state index in [4.69, 9.17) is 4.74 Å². The van der Waals surface area contributed by atoms with Crippen LogP contribution in [0.25, 0.3) is 0 Å². The maximum atomic E-state index is 12.6. The number of unbranched alkanes of at least 4 members (excludes halogenated alkanes) is 57. The van der Waals surface area contributed by atoms with Crippen molar-refractivity contribution in [2.24, 2.45) is 0 Å². The Morgan fingerprint density at radius 2 is 0.578 bits per heavy atom. The summed E-state index contributed by atoms with van der Waals surface area (Å²) in [6.07, 6.45) is 92.6. The van der Waals surface area contributed by atoms with E-state index in [2.05, 4.69) is 43.5 Å². The summed E-state index contributed by atoms with van der Waals surface area (Å²) in [6, 6.07) is -0.540. The zero-order valence-corrected chi connectivity index (χ0v) is 56.5. The topological polar surface area (TPSA) is 95.9 Å². The molecule has 2 unspecified atom stereocenters. The predicted octanol–water partition coefficient (Wildman–Crippen LogP) is 24.9. The minimum absolute atomic E-state index is 0.00782. The summed E-state index contributed by atoms with van der Waals surface area (Å²) < 4.78 is 5.47. The Bertz CT molecular complexity index is 1300. The zero-order valence-electron chi connectivity index (χ0n) is 56.5. The van der Waals surface area contributed by atoms with Crippen LogP contribution in [0.4, 0.5) is 0 Å². The summed E-state index contributed by atoms with van der Waals surface area (Å²) in [5.74, 6) is -0.0192. The van der Waals surface area contributed by atoms with E-state index in [1.165, 1.54) is 353 Å². The van der Waals surface area contributed by atoms with E-state index in [0.29, 0.717) is 25.9 Å². The van der Waals surface area contributed by atoms with Crippen molar-refractivity contribution in [2.45, 2.75) is 443 Å². The first-order chi connectivity index (χ1) is 41.0. The maximum absolute atomic E-state index is 12.6. The van der Waals surface area contributed by atoms with E-state index in [-0.39, 0.29) is 18.5 Å². The number of ether oxygens (including phenoxy) is 1. The second-order valence-electron chi connectivity index (χ2n) is 26.3. The van der Waals surface area contributed by atoms with Gasteiger partial charge < -0.3 is 20.3 Å². The summed E-state index contributed by atoms with van der Waals surface area (Å²) in [5, 5.41) is 23.5. The number of carbonyl (C=O) groups excluding carboxylic acids is 2. The fourth-order valence-corrected chi connectivity index (χ4v) is 12.2. The third-order valence-corrected chi connectivity index (χ3v) is 18.0. The van der Waals surface area contributed by atoms with Gasteiger partial charge in [0.2, 0.25) is 5.91 Å². The lowest BCUT2D eigenvalue weighted by Gasteiger charge is -2.22. The fourth-order valence-electron chi connectivity index (χ4n) is 12.2. The van der Waals surface area contributed by atoms with Crippen molar-refractivity contribution in [1.29, 1.82) is 0 Å². The molecule has 6 heteroatoms. The Morgan fingerprint density at radius 1 is 0.325 bits per heavy atom. The SMILES string of the molecule is CCCC/C=C\CCCCCCCC(=O)OCCCCCCCCCCCCCC/C=C\CCCCCCCCCCCCCCCCCCC(=O)NC(CO)C(O)CCCCCCCCCCCCCCCCCCCCCCCCC. The van der Waals surface area contributed by atoms with Gasteiger partial charge in [-0.25, -0.2) is 0 Å². The predicted molar refractivity (Wildman–Crippen MR) is 366 cm³/mol. The molecule has 0 bridgehead atoms. The molecule has 0 rings (SSSR count). The standard InChI is InChI=1S/C77H149NO5/c1-3-5-7-9-11-13-15-16-17-18-19-20-31-34-37-40-43-46-50-53-57-61-65-69-75(80)74(73-79)78-76(81)70-66-62-58-54-51-47-44-41-38-35-32-29-27-25-23-21-22-24-26-28-30-33-36-39-42-45-48-52-56-60-64-68-72-83-77(82)71-67-63-59-55-49-14-12-10-8-6-4-2/h10,12,24,26,74-75,79-80H,3-9,11,13-23,25,27-73H2,1-2H3,(H,78,81)/b12-10-,26-24-. The molecule has 83 heavy (non-hydrogen) atoms. The van der Waals surface area contributed by atoms with Gasteiger partial charge in [0.05, 0.1) is 25.4 Å². The first-order valence-corrected chi connectivity index (χ1v) is 38.1. The van der Waals surface area contributed by atoms with Crippen LogP contribution in [0.15, 0.2) is 24.3 Å². The second kappa shape index (κ2) is 72.8. The molecule has 0 spiro atoms. The number of hydrogen-bond acceptors (Lipinski definition) is 5. The van der Waals surface area contributed by atoms with Crippen LogP contribution in [0, 0.1) is 0 Å². The molecule has 1 amide bonds. The number of nitrogens with one attached hydrogen (secondary N) is 1. The minimum Gasteiger partial charge on any atom is -0.466 e. The quantitative estimate of drug-likeness (QED) is 0.0320. The molecule has 3 N–H and O–H groups in total. The number of aliphatic hydroxyl groups is 2. The van der Waals surface area contributed by atoms with Gasteiger partial charge in [-0.05, 0) is 70.6 Å². The number of rotatable bonds is 72. The van der Waals surface area contributed by atoms with Crippen molar-refractivity contribution in [3.05, 3.63) is 24.3 Å². The Hall–Kier alpha value is -1.66. The van der Waals surface area contributed by atoms with Crippen molar-refractivity contribution >= 4 is 11.9 Å². The highest BCUT2D eigenvalue weighted by Gasteiger charge is 2.20. The van der Waals surface area contributed by atoms with E-state index in [9.17, 15) is 19.8 Å². The number of aliphatic hydroxyl groups excluding tert-OH is 2. The van der Waals surface area contributed by atoms with Crippen LogP contribution in [0.3, 0.4) is 0 Å². The molecule has 0 aromatic rings. The molecule has 0 saturated heterocycles. The summed E-state index contributed by atoms with van der Waals surface area (Å²) in [6.45, 7) is 4.96. The number of carbonyl (C=O) groups is 2. The molecule has 492 valence electrons. The van der Waals surface area contributed by atoms with Crippen LogP contribution >= 0.6 is 0 Å². The molecule has 0 fully saturated rings. The molecule has 2 atom stereocenters. The highest BCUT2D eigenvalue weighted by Crippen LogP contribution is 2.20. The van der Waals surface area contributed by atoms with Crippen LogP contribution in [0.1, 0.15) is 431 Å². The van der Waals surface area contributed by atoms with Gasteiger partial charge in [0.25, 0.3) is 0 Å². The summed E-state index contributed by atoms with van der Waals surface area (Å²) in [7, 11) is 0. The van der Waals surface area contributed by atoms with Gasteiger partial charge in [-0.3, -0.25) is 9.59 Å². The molecule has 0 aromatic carbocycles. The number of amides is 1. The van der Waals surface area contributed by atoms with Crippen molar-refractivity contribution < 1.29 is 24.5 Å². The Kier molecular flexibility index (Phi) is 71.4.